The lowest BCUT2D eigenvalue weighted by molar-refractivity contribution is -0.218. The molecule has 54 heavy (non-hydrogen) atoms. The maximum Gasteiger partial charge on any atom is 0.352 e. The van der Waals surface area contributed by atoms with Crippen LogP contribution in [0.15, 0.2) is 38.9 Å². The second kappa shape index (κ2) is 11.2. The minimum atomic E-state index is -0.779. The van der Waals surface area contributed by atoms with Crippen LogP contribution in [-0.4, -0.2) is 45.4 Å². The van der Waals surface area contributed by atoms with E-state index >= 15 is 9.59 Å². The predicted molar refractivity (Wildman–Crippen MR) is 201 cm³/mol. The van der Waals surface area contributed by atoms with E-state index in [4.69, 9.17) is 18.9 Å². The number of esters is 2. The second-order valence-electron chi connectivity index (χ2n) is 19.6. The van der Waals surface area contributed by atoms with Gasteiger partial charge in [0.05, 0.1) is 11.6 Å². The monoisotopic (exact) mass is 743 g/mol. The summed E-state index contributed by atoms with van der Waals surface area (Å²) in [5, 5.41) is 0. The van der Waals surface area contributed by atoms with Crippen molar-refractivity contribution >= 4 is 11.9 Å². The molecule has 5 aliphatic carbocycles. The largest absolute Gasteiger partial charge is 0.465 e. The maximum atomic E-state index is 15.4. The van der Waals surface area contributed by atoms with E-state index in [2.05, 4.69) is 48.5 Å². The summed E-state index contributed by atoms with van der Waals surface area (Å²) in [6.07, 6.45) is 7.58. The van der Waals surface area contributed by atoms with Crippen molar-refractivity contribution in [1.29, 1.82) is 0 Å². The summed E-state index contributed by atoms with van der Waals surface area (Å²) in [7, 11) is 0. The normalized spacial score (nSPS) is 39.4. The van der Waals surface area contributed by atoms with Crippen molar-refractivity contribution < 1.29 is 28.5 Å². The summed E-state index contributed by atoms with van der Waals surface area (Å²) >= 11 is 0. The standard InChI is InChI=1S/C43H57N3O8/c1-24(2)43-20-19-42(22-51-25(3)47)18-17-41(9)33(35(42)43)28(45-36(49)44(37(50)46(43)45)27-11-10-12-29-34(27)53-23-52-29)21-31-39(7)15-14-32(54-26(4)48)38(5,6)30(39)13-16-40(31,41)8/h10-12,24,28,30-32H,13-23H2,1-9H3/t28?,30?,31?,32-,39-,40+,41+,42-,43?/m0/s1. The first kappa shape index (κ1) is 35.9. The van der Waals surface area contributed by atoms with Crippen LogP contribution < -0.4 is 20.9 Å². The molecule has 7 aliphatic rings. The van der Waals surface area contributed by atoms with E-state index in [1.165, 1.54) is 29.6 Å². The Bertz CT molecular complexity index is 2140. The zero-order valence-corrected chi connectivity index (χ0v) is 33.5. The molecule has 292 valence electrons. The Labute approximate surface area is 317 Å². The molecule has 0 saturated heterocycles. The quantitative estimate of drug-likeness (QED) is 0.236. The van der Waals surface area contributed by atoms with Gasteiger partial charge in [0.2, 0.25) is 6.79 Å². The molecule has 2 aromatic rings. The zero-order chi connectivity index (χ0) is 38.5. The highest BCUT2D eigenvalue weighted by molar-refractivity contribution is 5.66. The summed E-state index contributed by atoms with van der Waals surface area (Å²) in [4.78, 5) is 55.5. The topological polar surface area (TPSA) is 120 Å². The Kier molecular flexibility index (Phi) is 7.43. The summed E-state index contributed by atoms with van der Waals surface area (Å²) in [6, 6.07) is 5.02. The summed E-state index contributed by atoms with van der Waals surface area (Å²) < 4.78 is 28.6. The van der Waals surface area contributed by atoms with Gasteiger partial charge in [-0.3, -0.25) is 9.59 Å². The van der Waals surface area contributed by atoms with Crippen molar-refractivity contribution in [2.24, 2.45) is 44.8 Å². The van der Waals surface area contributed by atoms with Gasteiger partial charge in [0.15, 0.2) is 11.5 Å². The van der Waals surface area contributed by atoms with E-state index in [0.29, 0.717) is 29.5 Å². The van der Waals surface area contributed by atoms with Gasteiger partial charge in [0, 0.05) is 24.7 Å². The number of nitrogens with zero attached hydrogens (tertiary/aromatic N) is 3. The van der Waals surface area contributed by atoms with Gasteiger partial charge in [0.1, 0.15) is 18.4 Å². The number of hydrogen-bond donors (Lipinski definition) is 0. The van der Waals surface area contributed by atoms with Crippen molar-refractivity contribution in [2.45, 2.75) is 138 Å². The fourth-order valence-corrected chi connectivity index (χ4v) is 14.5. The number of aromatic nitrogens is 3. The summed E-state index contributed by atoms with van der Waals surface area (Å²) in [5.41, 5.74) is 0.343. The molecule has 0 spiro atoms. The Hall–Kier alpha value is -3.76. The summed E-state index contributed by atoms with van der Waals surface area (Å²) in [6.45, 7) is 19.7. The van der Waals surface area contributed by atoms with E-state index in [9.17, 15) is 9.59 Å². The van der Waals surface area contributed by atoms with Crippen molar-refractivity contribution in [3.05, 3.63) is 50.3 Å². The average Bonchev–Trinajstić information content (AvgIpc) is 3.79. The van der Waals surface area contributed by atoms with Gasteiger partial charge < -0.3 is 18.9 Å². The van der Waals surface area contributed by atoms with Crippen LogP contribution in [0.4, 0.5) is 0 Å². The number of allylic oxidation sites excluding steroid dienone is 1. The minimum Gasteiger partial charge on any atom is -0.465 e. The van der Waals surface area contributed by atoms with Crippen LogP contribution in [0, 0.1) is 44.8 Å². The fourth-order valence-electron chi connectivity index (χ4n) is 14.5. The predicted octanol–water partition coefficient (Wildman–Crippen LogP) is 7.07. The SMILES string of the molecule is CC(=O)OC[C@]12CCC3(C(C)C)C1=C1C(CC4[C@@]5(C)CC[C@H](OC(C)=O)C(C)(C)C5CC[C@@]4(C)[C@]1(C)CC2)n1c(=O)n(-c2cccc4c2OCO4)c(=O)n13. The number of fused-ring (bicyclic) bond motifs is 8. The number of carbonyl (C=O) groups excluding carboxylic acids is 2. The highest BCUT2D eigenvalue weighted by Gasteiger charge is 2.73. The van der Waals surface area contributed by atoms with Crippen LogP contribution in [0.1, 0.15) is 126 Å². The van der Waals surface area contributed by atoms with Crippen LogP contribution in [0.2, 0.25) is 0 Å². The van der Waals surface area contributed by atoms with Crippen LogP contribution in [0.3, 0.4) is 0 Å². The van der Waals surface area contributed by atoms with Gasteiger partial charge in [0.25, 0.3) is 0 Å². The molecule has 1 aromatic carbocycles. The molecule has 1 aromatic heterocycles. The van der Waals surface area contributed by atoms with Gasteiger partial charge in [-0.2, -0.15) is 0 Å². The van der Waals surface area contributed by atoms with E-state index in [1.54, 1.807) is 18.2 Å². The van der Waals surface area contributed by atoms with E-state index < -0.39 is 11.0 Å². The molecule has 4 unspecified atom stereocenters. The molecule has 0 radical (unpaired) electrons. The van der Waals surface area contributed by atoms with Gasteiger partial charge in [-0.1, -0.05) is 54.5 Å². The number of rotatable bonds is 5. The van der Waals surface area contributed by atoms with E-state index in [0.717, 1.165) is 51.4 Å². The van der Waals surface area contributed by atoms with E-state index in [1.807, 2.05) is 9.36 Å². The van der Waals surface area contributed by atoms with Gasteiger partial charge in [-0.25, -0.2) is 23.5 Å². The van der Waals surface area contributed by atoms with Crippen molar-refractivity contribution in [3.63, 3.8) is 0 Å². The Morgan fingerprint density at radius 2 is 1.63 bits per heavy atom. The molecule has 4 saturated carbocycles. The zero-order valence-electron chi connectivity index (χ0n) is 33.5. The van der Waals surface area contributed by atoms with E-state index in [-0.39, 0.29) is 82.4 Å². The summed E-state index contributed by atoms with van der Waals surface area (Å²) in [5.74, 6) is 0.899. The smallest absolute Gasteiger partial charge is 0.352 e. The van der Waals surface area contributed by atoms with Crippen molar-refractivity contribution in [2.75, 3.05) is 13.4 Å². The third kappa shape index (κ3) is 4.14. The minimum absolute atomic E-state index is 0.0239. The third-order valence-corrected chi connectivity index (χ3v) is 17.0. The Morgan fingerprint density at radius 3 is 2.33 bits per heavy atom. The van der Waals surface area contributed by atoms with Crippen molar-refractivity contribution in [3.8, 4) is 17.2 Å². The number of ether oxygens (including phenoxy) is 4. The molecular weight excluding hydrogens is 686 g/mol. The first-order valence-electron chi connectivity index (χ1n) is 20.3. The molecule has 0 N–H and O–H groups in total. The lowest BCUT2D eigenvalue weighted by atomic mass is 9.33. The molecule has 3 heterocycles. The lowest BCUT2D eigenvalue weighted by Crippen LogP contribution is -2.67. The van der Waals surface area contributed by atoms with Crippen LogP contribution in [0.25, 0.3) is 5.69 Å². The first-order chi connectivity index (χ1) is 25.4. The molecule has 9 atom stereocenters. The molecule has 4 fully saturated rings. The molecule has 0 amide bonds. The van der Waals surface area contributed by atoms with Crippen LogP contribution >= 0.6 is 0 Å². The van der Waals surface area contributed by atoms with Gasteiger partial charge in [-0.15, -0.1) is 0 Å². The lowest BCUT2D eigenvalue weighted by Gasteiger charge is -2.72. The highest BCUT2D eigenvalue weighted by atomic mass is 16.7. The van der Waals surface area contributed by atoms with Gasteiger partial charge in [-0.05, 0) is 115 Å². The maximum absolute atomic E-state index is 15.4. The number of para-hydroxylation sites is 1. The number of carbonyl (C=O) groups is 2. The molecule has 2 aliphatic heterocycles. The Balaban J connectivity index is 1.31. The second-order valence-corrected chi connectivity index (χ2v) is 19.6. The molecular formula is C43H57N3O8. The number of benzene rings is 1. The van der Waals surface area contributed by atoms with Gasteiger partial charge >= 0.3 is 23.3 Å². The molecule has 9 rings (SSSR count). The van der Waals surface area contributed by atoms with Crippen LogP contribution in [0.5, 0.6) is 11.5 Å². The van der Waals surface area contributed by atoms with Crippen LogP contribution in [-0.2, 0) is 24.6 Å². The average molecular weight is 744 g/mol. The molecule has 11 nitrogen and oxygen atoms in total. The number of hydrogen-bond acceptors (Lipinski definition) is 8. The fraction of sp³-hybridized carbons (Fsp3) is 0.721. The molecule has 0 bridgehead atoms. The van der Waals surface area contributed by atoms with Crippen molar-refractivity contribution in [1.82, 2.24) is 13.9 Å². The highest BCUT2D eigenvalue weighted by Crippen LogP contribution is 2.79. The Morgan fingerprint density at radius 1 is 0.889 bits per heavy atom. The first-order valence-corrected chi connectivity index (χ1v) is 20.3. The molecule has 11 heteroatoms. The third-order valence-electron chi connectivity index (χ3n) is 17.0.